The summed E-state index contributed by atoms with van der Waals surface area (Å²) in [6.07, 6.45) is 1.72. The topological polar surface area (TPSA) is 16.4 Å². The van der Waals surface area contributed by atoms with Gasteiger partial charge in [0.15, 0.2) is 5.88 Å². The first-order chi connectivity index (χ1) is 5.63. The molecule has 0 amide bonds. The molecule has 1 aromatic heterocycles. The van der Waals surface area contributed by atoms with Crippen molar-refractivity contribution >= 4 is 5.88 Å². The van der Waals surface area contributed by atoms with Gasteiger partial charge in [-0.05, 0) is 33.8 Å². The predicted molar refractivity (Wildman–Crippen MR) is 51.5 cm³/mol. The summed E-state index contributed by atoms with van der Waals surface area (Å²) in [5.74, 6) is 0.958. The highest BCUT2D eigenvalue weighted by Crippen LogP contribution is 2.19. The van der Waals surface area contributed by atoms with Crippen LogP contribution in [0, 0.1) is 0 Å². The Hall–Kier alpha value is -0.920. The van der Waals surface area contributed by atoms with Crippen LogP contribution in [0.2, 0.25) is 0 Å². The third kappa shape index (κ3) is 1.81. The molecule has 0 N–H and O–H groups in total. The van der Waals surface area contributed by atoms with Gasteiger partial charge in [-0.1, -0.05) is 0 Å². The summed E-state index contributed by atoms with van der Waals surface area (Å²) in [5, 5.41) is 0. The monoisotopic (exact) mass is 167 g/mol. The quantitative estimate of drug-likeness (QED) is 0.688. The van der Waals surface area contributed by atoms with Crippen LogP contribution in [-0.4, -0.2) is 12.1 Å². The minimum atomic E-state index is 0.483. The normalized spacial score (nSPS) is 11.2. The molecule has 1 heterocycles. The average molecular weight is 167 g/mol. The molecule has 0 atom stereocenters. The maximum absolute atomic E-state index is 5.34. The Morgan fingerprint density at radius 1 is 1.17 bits per heavy atom. The molecular weight excluding hydrogens is 150 g/mol. The molecule has 0 aromatic carbocycles. The van der Waals surface area contributed by atoms with E-state index in [1.165, 1.54) is 0 Å². The van der Waals surface area contributed by atoms with Crippen LogP contribution in [-0.2, 0) is 0 Å². The third-order valence-electron chi connectivity index (χ3n) is 1.87. The highest BCUT2D eigenvalue weighted by Gasteiger charge is 2.15. The van der Waals surface area contributed by atoms with Gasteiger partial charge in [0.25, 0.3) is 0 Å². The molecule has 0 radical (unpaired) electrons. The molecule has 2 nitrogen and oxygen atoms in total. The van der Waals surface area contributed by atoms with Gasteiger partial charge in [0, 0.05) is 18.2 Å². The second-order valence-electron chi connectivity index (χ2n) is 3.55. The molecule has 12 heavy (non-hydrogen) atoms. The van der Waals surface area contributed by atoms with Crippen LogP contribution < -0.4 is 4.90 Å². The van der Waals surface area contributed by atoms with E-state index in [1.54, 1.807) is 6.26 Å². The fourth-order valence-electron chi connectivity index (χ4n) is 1.52. The Labute approximate surface area is 74.2 Å². The van der Waals surface area contributed by atoms with E-state index >= 15 is 0 Å². The first kappa shape index (κ1) is 9.17. The highest BCUT2D eigenvalue weighted by atomic mass is 16.3. The van der Waals surface area contributed by atoms with Crippen molar-refractivity contribution in [3.63, 3.8) is 0 Å². The summed E-state index contributed by atoms with van der Waals surface area (Å²) >= 11 is 0. The highest BCUT2D eigenvalue weighted by molar-refractivity contribution is 5.36. The number of nitrogens with zero attached hydrogens (tertiary/aromatic N) is 1. The fraction of sp³-hybridized carbons (Fsp3) is 0.600. The van der Waals surface area contributed by atoms with Crippen molar-refractivity contribution in [2.75, 3.05) is 4.90 Å². The van der Waals surface area contributed by atoms with Gasteiger partial charge in [-0.2, -0.15) is 0 Å². The van der Waals surface area contributed by atoms with Crippen LogP contribution in [0.5, 0.6) is 0 Å². The molecular formula is C10H17NO. The van der Waals surface area contributed by atoms with Gasteiger partial charge >= 0.3 is 0 Å². The van der Waals surface area contributed by atoms with Gasteiger partial charge < -0.3 is 9.32 Å². The molecule has 0 unspecified atom stereocenters. The number of hydrogen-bond acceptors (Lipinski definition) is 2. The summed E-state index contributed by atoms with van der Waals surface area (Å²) in [5.41, 5.74) is 0. The van der Waals surface area contributed by atoms with Gasteiger partial charge in [-0.25, -0.2) is 0 Å². The Kier molecular flexibility index (Phi) is 2.79. The lowest BCUT2D eigenvalue weighted by molar-refractivity contribution is 0.496. The molecule has 0 fully saturated rings. The van der Waals surface area contributed by atoms with E-state index in [9.17, 15) is 0 Å². The van der Waals surface area contributed by atoms with E-state index in [0.717, 1.165) is 5.88 Å². The van der Waals surface area contributed by atoms with Gasteiger partial charge in [0.05, 0.1) is 6.26 Å². The predicted octanol–water partition coefficient (Wildman–Crippen LogP) is 2.90. The number of anilines is 1. The van der Waals surface area contributed by atoms with Crippen molar-refractivity contribution in [1.29, 1.82) is 0 Å². The number of hydrogen-bond donors (Lipinski definition) is 0. The molecule has 1 rings (SSSR count). The summed E-state index contributed by atoms with van der Waals surface area (Å²) in [4.78, 5) is 2.25. The number of rotatable bonds is 3. The summed E-state index contributed by atoms with van der Waals surface area (Å²) in [6.45, 7) is 8.68. The molecule has 0 aliphatic rings. The van der Waals surface area contributed by atoms with E-state index in [2.05, 4.69) is 32.6 Å². The zero-order valence-electron chi connectivity index (χ0n) is 8.24. The first-order valence-electron chi connectivity index (χ1n) is 4.44. The Morgan fingerprint density at radius 2 is 1.75 bits per heavy atom. The van der Waals surface area contributed by atoms with Gasteiger partial charge in [-0.3, -0.25) is 0 Å². The lowest BCUT2D eigenvalue weighted by Crippen LogP contribution is -2.36. The van der Waals surface area contributed by atoms with Crippen molar-refractivity contribution in [3.05, 3.63) is 18.4 Å². The van der Waals surface area contributed by atoms with Crippen LogP contribution in [0.15, 0.2) is 22.8 Å². The molecule has 0 saturated heterocycles. The van der Waals surface area contributed by atoms with Crippen molar-refractivity contribution < 1.29 is 4.42 Å². The lowest BCUT2D eigenvalue weighted by atomic mass is 10.2. The zero-order chi connectivity index (χ0) is 9.14. The molecule has 0 aliphatic carbocycles. The van der Waals surface area contributed by atoms with Crippen LogP contribution in [0.3, 0.4) is 0 Å². The smallest absolute Gasteiger partial charge is 0.195 e. The lowest BCUT2D eigenvalue weighted by Gasteiger charge is -2.30. The second kappa shape index (κ2) is 3.65. The van der Waals surface area contributed by atoms with Gasteiger partial charge in [0.1, 0.15) is 0 Å². The third-order valence-corrected chi connectivity index (χ3v) is 1.87. The standard InChI is InChI=1S/C10H17NO/c1-8(2)11(9(3)4)10-6-5-7-12-10/h5-9H,1-4H3. The molecule has 0 aliphatic heterocycles. The maximum atomic E-state index is 5.34. The van der Waals surface area contributed by atoms with E-state index in [4.69, 9.17) is 4.42 Å². The van der Waals surface area contributed by atoms with Crippen molar-refractivity contribution in [3.8, 4) is 0 Å². The number of furan rings is 1. The molecule has 0 saturated carbocycles. The molecule has 68 valence electrons. The zero-order valence-corrected chi connectivity index (χ0v) is 8.24. The molecule has 0 bridgehead atoms. The van der Waals surface area contributed by atoms with Crippen molar-refractivity contribution in [2.45, 2.75) is 39.8 Å². The van der Waals surface area contributed by atoms with Gasteiger partial charge in [-0.15, -0.1) is 0 Å². The minimum Gasteiger partial charge on any atom is -0.449 e. The SMILES string of the molecule is CC(C)N(c1ccco1)C(C)C. The first-order valence-corrected chi connectivity index (χ1v) is 4.44. The minimum absolute atomic E-state index is 0.483. The van der Waals surface area contributed by atoms with Gasteiger partial charge in [0.2, 0.25) is 0 Å². The molecule has 1 aromatic rings. The maximum Gasteiger partial charge on any atom is 0.195 e. The van der Waals surface area contributed by atoms with Crippen molar-refractivity contribution in [2.24, 2.45) is 0 Å². The largest absolute Gasteiger partial charge is 0.449 e. The Bertz CT molecular complexity index is 206. The summed E-state index contributed by atoms with van der Waals surface area (Å²) < 4.78 is 5.34. The molecule has 0 spiro atoms. The van der Waals surface area contributed by atoms with Crippen LogP contribution in [0.4, 0.5) is 5.88 Å². The summed E-state index contributed by atoms with van der Waals surface area (Å²) in [6, 6.07) is 4.89. The van der Waals surface area contributed by atoms with Crippen molar-refractivity contribution in [1.82, 2.24) is 0 Å². The van der Waals surface area contributed by atoms with E-state index in [0.29, 0.717) is 12.1 Å². The summed E-state index contributed by atoms with van der Waals surface area (Å²) in [7, 11) is 0. The Morgan fingerprint density at radius 3 is 2.08 bits per heavy atom. The van der Waals surface area contributed by atoms with E-state index in [-0.39, 0.29) is 0 Å². The average Bonchev–Trinajstić information content (AvgIpc) is 2.37. The van der Waals surface area contributed by atoms with Crippen LogP contribution in [0.25, 0.3) is 0 Å². The van der Waals surface area contributed by atoms with Crippen LogP contribution in [0.1, 0.15) is 27.7 Å². The van der Waals surface area contributed by atoms with Crippen LogP contribution >= 0.6 is 0 Å². The fourth-order valence-corrected chi connectivity index (χ4v) is 1.52. The van der Waals surface area contributed by atoms with E-state index in [1.807, 2.05) is 12.1 Å². The second-order valence-corrected chi connectivity index (χ2v) is 3.55. The molecule has 2 heteroatoms. The Balaban J connectivity index is 2.81. The van der Waals surface area contributed by atoms with E-state index < -0.39 is 0 Å².